The Bertz CT molecular complexity index is 1140. The van der Waals surface area contributed by atoms with Crippen LogP contribution in [0.15, 0.2) is 17.1 Å². The molecule has 0 aromatic carbocycles. The van der Waals surface area contributed by atoms with Gasteiger partial charge in [-0.15, -0.1) is 6.42 Å². The monoisotopic (exact) mass is 526 g/mol. The van der Waals surface area contributed by atoms with Crippen LogP contribution < -0.4 is 5.56 Å². The number of hydrogen-bond acceptors (Lipinski definition) is 10. The largest absolute Gasteiger partial charge is 0.490 e. The van der Waals surface area contributed by atoms with Crippen molar-refractivity contribution < 1.29 is 60.6 Å². The van der Waals surface area contributed by atoms with Gasteiger partial charge in [0, 0.05) is 12.3 Å². The van der Waals surface area contributed by atoms with E-state index >= 15 is 4.39 Å². The molecule has 1 aliphatic rings. The Hall–Kier alpha value is -1.08. The van der Waals surface area contributed by atoms with Crippen molar-refractivity contribution in [1.82, 2.24) is 9.55 Å². The maximum Gasteiger partial charge on any atom is 0.490 e. The molecule has 0 bridgehead atoms. The van der Waals surface area contributed by atoms with Crippen molar-refractivity contribution in [2.45, 2.75) is 24.1 Å². The van der Waals surface area contributed by atoms with Gasteiger partial charge in [0.2, 0.25) is 5.67 Å². The molecule has 0 radical (unpaired) electrons. The molecule has 1 aromatic heterocycles. The van der Waals surface area contributed by atoms with Crippen molar-refractivity contribution in [3.63, 3.8) is 0 Å². The molecule has 0 amide bonds. The van der Waals surface area contributed by atoms with E-state index < -0.39 is 59.7 Å². The molecule has 1 saturated heterocycles. The number of nitrogens with one attached hydrogen (secondary N) is 1. The molecule has 3 unspecified atom stereocenters. The number of phosphoric ester groups is 1. The van der Waals surface area contributed by atoms with Crippen LogP contribution in [0.4, 0.5) is 4.39 Å². The first-order valence-electron chi connectivity index (χ1n) is 7.60. The minimum Gasteiger partial charge on any atom is -0.386 e. The number of aromatic amines is 1. The molecule has 1 fully saturated rings. The smallest absolute Gasteiger partial charge is 0.386 e. The Balaban J connectivity index is 2.19. The summed E-state index contributed by atoms with van der Waals surface area (Å²) < 4.78 is 65.9. The van der Waals surface area contributed by atoms with Gasteiger partial charge in [-0.05, 0) is 12.2 Å². The highest BCUT2D eigenvalue weighted by Gasteiger charge is 2.58. The van der Waals surface area contributed by atoms with Gasteiger partial charge in [0.25, 0.3) is 5.56 Å². The van der Waals surface area contributed by atoms with Gasteiger partial charge in [0.1, 0.15) is 12.2 Å². The van der Waals surface area contributed by atoms with Gasteiger partial charge in [-0.1, -0.05) is 5.92 Å². The Morgan fingerprint density at radius 1 is 1.29 bits per heavy atom. The van der Waals surface area contributed by atoms with Crippen LogP contribution >= 0.6 is 35.7 Å². The number of aromatic nitrogens is 2. The highest BCUT2D eigenvalue weighted by Crippen LogP contribution is 2.66. The van der Waals surface area contributed by atoms with Crippen molar-refractivity contribution in [3.05, 3.63) is 27.4 Å². The van der Waals surface area contributed by atoms with Crippen LogP contribution in [-0.4, -0.2) is 58.7 Å². The topological polar surface area (TPSA) is 227 Å². The molecule has 6 atom stereocenters. The number of nitrogens with zero attached hydrogens (tertiary/aromatic N) is 1. The minimum absolute atomic E-state index is 0.337. The third kappa shape index (κ3) is 6.47. The van der Waals surface area contributed by atoms with Crippen LogP contribution in [0.1, 0.15) is 6.23 Å². The van der Waals surface area contributed by atoms with E-state index in [1.165, 1.54) is 0 Å². The average molecular weight is 526 g/mol. The Kier molecular flexibility index (Phi) is 7.64. The van der Waals surface area contributed by atoms with Gasteiger partial charge in [-0.3, -0.25) is 18.9 Å². The number of aliphatic hydroxyl groups is 1. The van der Waals surface area contributed by atoms with Crippen LogP contribution in [0.5, 0.6) is 0 Å². The number of hydrogen-bond donors (Lipinski definition) is 6. The first-order valence-corrected chi connectivity index (χ1v) is 12.5. The molecule has 31 heavy (non-hydrogen) atoms. The van der Waals surface area contributed by atoms with Gasteiger partial charge in [0.15, 0.2) is 11.0 Å². The van der Waals surface area contributed by atoms with Crippen molar-refractivity contribution in [2.75, 3.05) is 6.61 Å². The highest BCUT2D eigenvalue weighted by atomic mass is 32.1. The Labute approximate surface area is 176 Å². The Morgan fingerprint density at radius 2 is 1.90 bits per heavy atom. The highest BCUT2D eigenvalue weighted by molar-refractivity contribution is 7.71. The average Bonchev–Trinajstić information content (AvgIpc) is 2.82. The van der Waals surface area contributed by atoms with Crippen LogP contribution in [0.3, 0.4) is 0 Å². The van der Waals surface area contributed by atoms with E-state index in [-0.39, 0.29) is 4.77 Å². The molecule has 1 aromatic rings. The fourth-order valence-corrected chi connectivity index (χ4v) is 5.68. The Morgan fingerprint density at radius 3 is 2.42 bits per heavy atom. The van der Waals surface area contributed by atoms with E-state index in [0.717, 1.165) is 16.8 Å². The van der Waals surface area contributed by atoms with Crippen LogP contribution in [0.2, 0.25) is 0 Å². The lowest BCUT2D eigenvalue weighted by molar-refractivity contribution is -0.0526. The molecule has 0 aliphatic carbocycles. The number of aliphatic hydroxyl groups excluding tert-OH is 1. The van der Waals surface area contributed by atoms with E-state index in [1.807, 2.05) is 0 Å². The summed E-state index contributed by atoms with van der Waals surface area (Å²) in [4.78, 5) is 48.9. The molecule has 0 saturated carbocycles. The molecule has 0 spiro atoms. The first-order chi connectivity index (χ1) is 14.0. The standard InChI is InChI=1S/C11H14FN2O13P3S/c1-2-11(12)8(16)6(25-9(11)14-4-3-7(15)13-10(14)31)5-24-29(20,21)27-30(22,23)26-28(17,18)19/h1,3-4,6,8-9,16H,5H2,(H,20,21)(H,22,23)(H,13,15,31)(H2,17,18,19)/t6-,8?,9-,11-/m1/s1. The lowest BCUT2D eigenvalue weighted by atomic mass is 9.97. The zero-order valence-corrected chi connectivity index (χ0v) is 18.2. The van der Waals surface area contributed by atoms with Gasteiger partial charge in [-0.25, -0.2) is 18.1 Å². The second-order valence-corrected chi connectivity index (χ2v) is 10.6. The molecule has 15 nitrogen and oxygen atoms in total. The number of alkyl halides is 1. The summed E-state index contributed by atoms with van der Waals surface area (Å²) in [5.74, 6) is 1.66. The SMILES string of the molecule is C#C[C@@]1(F)C(O)[C@@H](COP(=O)(O)OP(=O)(O)OP(=O)(O)O)O[C@H]1n1ccc(=O)[nH]c1=S. The molecule has 20 heteroatoms. The lowest BCUT2D eigenvalue weighted by Gasteiger charge is -2.24. The van der Waals surface area contributed by atoms with Crippen molar-refractivity contribution in [3.8, 4) is 12.3 Å². The minimum atomic E-state index is -5.78. The fourth-order valence-electron chi connectivity index (χ4n) is 2.39. The van der Waals surface area contributed by atoms with Gasteiger partial charge >= 0.3 is 23.5 Å². The number of halogens is 1. The van der Waals surface area contributed by atoms with Gasteiger partial charge < -0.3 is 29.4 Å². The number of terminal acetylenes is 1. The summed E-state index contributed by atoms with van der Waals surface area (Å²) in [7, 11) is -16.9. The number of H-pyrrole nitrogens is 1. The summed E-state index contributed by atoms with van der Waals surface area (Å²) in [6, 6.07) is 0.946. The van der Waals surface area contributed by atoms with E-state index in [4.69, 9.17) is 38.1 Å². The maximum absolute atomic E-state index is 15.2. The van der Waals surface area contributed by atoms with Crippen molar-refractivity contribution in [1.29, 1.82) is 0 Å². The summed E-state index contributed by atoms with van der Waals surface area (Å²) in [5, 5.41) is 10.2. The summed E-state index contributed by atoms with van der Waals surface area (Å²) in [5.41, 5.74) is -3.60. The van der Waals surface area contributed by atoms with Crippen LogP contribution in [-0.2, 0) is 31.6 Å². The molecule has 2 rings (SSSR count). The molecule has 6 N–H and O–H groups in total. The van der Waals surface area contributed by atoms with E-state index in [0.29, 0.717) is 0 Å². The first kappa shape index (κ1) is 26.2. The zero-order valence-electron chi connectivity index (χ0n) is 14.7. The number of rotatable bonds is 8. The predicted molar refractivity (Wildman–Crippen MR) is 98.3 cm³/mol. The second-order valence-electron chi connectivity index (χ2n) is 5.79. The van der Waals surface area contributed by atoms with E-state index in [2.05, 4.69) is 18.1 Å². The predicted octanol–water partition coefficient (Wildman–Crippen LogP) is -0.151. The second kappa shape index (κ2) is 9.05. The summed E-state index contributed by atoms with van der Waals surface area (Å²) >= 11 is 4.87. The number of ether oxygens (including phenoxy) is 1. The molecule has 1 aliphatic heterocycles. The fraction of sp³-hybridized carbons (Fsp3) is 0.455. The normalized spacial score (nSPS) is 30.3. The number of phosphoric acid groups is 3. The third-order valence-electron chi connectivity index (χ3n) is 3.59. The maximum atomic E-state index is 15.2. The van der Waals surface area contributed by atoms with Crippen molar-refractivity contribution >= 4 is 35.7 Å². The van der Waals surface area contributed by atoms with Gasteiger partial charge in [0.05, 0.1) is 6.61 Å². The van der Waals surface area contributed by atoms with Gasteiger partial charge in [-0.2, -0.15) is 8.62 Å². The third-order valence-corrected chi connectivity index (χ3v) is 7.70. The molecular weight excluding hydrogens is 512 g/mol. The summed E-state index contributed by atoms with van der Waals surface area (Å²) in [6.07, 6.45) is 0.355. The molecular formula is C11H14FN2O13P3S. The lowest BCUT2D eigenvalue weighted by Crippen LogP contribution is -2.42. The summed E-state index contributed by atoms with van der Waals surface area (Å²) in [6.45, 7) is -1.16. The quantitative estimate of drug-likeness (QED) is 0.147. The van der Waals surface area contributed by atoms with Crippen LogP contribution in [0.25, 0.3) is 0 Å². The molecule has 174 valence electrons. The van der Waals surface area contributed by atoms with E-state index in [9.17, 15) is 28.5 Å². The van der Waals surface area contributed by atoms with Crippen LogP contribution in [0, 0.1) is 17.1 Å². The zero-order chi connectivity index (χ0) is 23.8. The van der Waals surface area contributed by atoms with Crippen molar-refractivity contribution in [2.24, 2.45) is 0 Å². The molecule has 2 heterocycles. The van der Waals surface area contributed by atoms with E-state index in [1.54, 1.807) is 5.92 Å².